The van der Waals surface area contributed by atoms with Crippen molar-refractivity contribution in [3.05, 3.63) is 30.2 Å². The number of carbonyl (C=O) groups excluding carboxylic acids is 1. The van der Waals surface area contributed by atoms with Gasteiger partial charge in [-0.1, -0.05) is 5.16 Å². The average molecular weight is 431 g/mol. The zero-order valence-electron chi connectivity index (χ0n) is 15.6. The van der Waals surface area contributed by atoms with Gasteiger partial charge in [0.2, 0.25) is 17.6 Å². The minimum Gasteiger partial charge on any atom is -0.343 e. The van der Waals surface area contributed by atoms with E-state index in [2.05, 4.69) is 10.1 Å². The second-order valence-electron chi connectivity index (χ2n) is 7.02. The van der Waals surface area contributed by atoms with Crippen molar-refractivity contribution in [1.29, 1.82) is 0 Å². The molecule has 2 heterocycles. The Hall–Kier alpha value is -2.43. The van der Waals surface area contributed by atoms with Gasteiger partial charge in [-0.2, -0.15) is 18.2 Å². The number of halogens is 3. The molecule has 3 rings (SSSR count). The van der Waals surface area contributed by atoms with Crippen LogP contribution in [0.1, 0.15) is 37.5 Å². The molecule has 2 aromatic rings. The van der Waals surface area contributed by atoms with Crippen molar-refractivity contribution in [2.24, 2.45) is 0 Å². The third kappa shape index (κ3) is 5.55. The summed E-state index contributed by atoms with van der Waals surface area (Å²) in [5, 5.41) is 3.92. The molecule has 0 saturated carbocycles. The van der Waals surface area contributed by atoms with Crippen molar-refractivity contribution in [3.8, 4) is 11.4 Å². The van der Waals surface area contributed by atoms with E-state index in [0.29, 0.717) is 43.2 Å². The molecule has 0 bridgehead atoms. The number of sulfone groups is 1. The third-order valence-electron chi connectivity index (χ3n) is 4.80. The summed E-state index contributed by atoms with van der Waals surface area (Å²) in [6.45, 7) is 0.671. The molecular formula is C18H20F3N3O4S. The smallest absolute Gasteiger partial charge is 0.343 e. The van der Waals surface area contributed by atoms with Gasteiger partial charge in [-0.15, -0.1) is 0 Å². The Morgan fingerprint density at radius 1 is 1.21 bits per heavy atom. The van der Waals surface area contributed by atoms with Crippen LogP contribution < -0.4 is 0 Å². The molecule has 1 aliphatic heterocycles. The van der Waals surface area contributed by atoms with Crippen molar-refractivity contribution < 1.29 is 30.9 Å². The zero-order valence-corrected chi connectivity index (χ0v) is 16.5. The van der Waals surface area contributed by atoms with Gasteiger partial charge in [0.25, 0.3) is 0 Å². The first-order valence-corrected chi connectivity index (χ1v) is 10.9. The van der Waals surface area contributed by atoms with E-state index in [-0.39, 0.29) is 10.8 Å². The highest BCUT2D eigenvalue weighted by Crippen LogP contribution is 2.30. The van der Waals surface area contributed by atoms with Gasteiger partial charge in [-0.05, 0) is 37.1 Å². The normalized spacial score (nSPS) is 16.2. The van der Waals surface area contributed by atoms with Crippen LogP contribution in [0.15, 0.2) is 33.7 Å². The summed E-state index contributed by atoms with van der Waals surface area (Å²) < 4.78 is 65.1. The number of nitrogens with zero attached hydrogens (tertiary/aromatic N) is 3. The lowest BCUT2D eigenvalue weighted by atomic mass is 9.96. The summed E-state index contributed by atoms with van der Waals surface area (Å²) in [5.74, 6) is 0.134. The van der Waals surface area contributed by atoms with Crippen molar-refractivity contribution in [2.45, 2.75) is 42.7 Å². The third-order valence-corrected chi connectivity index (χ3v) is 5.93. The lowest BCUT2D eigenvalue weighted by molar-refractivity contribution is -0.149. The number of carbonyl (C=O) groups is 1. The van der Waals surface area contributed by atoms with Gasteiger partial charge < -0.3 is 9.42 Å². The van der Waals surface area contributed by atoms with Crippen LogP contribution >= 0.6 is 0 Å². The maximum Gasteiger partial charge on any atom is 0.389 e. The lowest BCUT2D eigenvalue weighted by Crippen LogP contribution is -2.38. The van der Waals surface area contributed by atoms with Gasteiger partial charge in [0.05, 0.1) is 11.3 Å². The summed E-state index contributed by atoms with van der Waals surface area (Å²) in [7, 11) is -3.30. The molecule has 29 heavy (non-hydrogen) atoms. The summed E-state index contributed by atoms with van der Waals surface area (Å²) in [5.41, 5.74) is 0.604. The Labute approximate surface area is 165 Å². The fourth-order valence-electron chi connectivity index (χ4n) is 3.15. The molecule has 0 unspecified atom stereocenters. The van der Waals surface area contributed by atoms with Gasteiger partial charge in [-0.25, -0.2) is 8.42 Å². The highest BCUT2D eigenvalue weighted by Gasteiger charge is 2.31. The highest BCUT2D eigenvalue weighted by atomic mass is 32.2. The molecule has 1 amide bonds. The minimum atomic E-state index is -4.34. The van der Waals surface area contributed by atoms with Crippen LogP contribution in [0, 0.1) is 0 Å². The number of aromatic nitrogens is 2. The van der Waals surface area contributed by atoms with Crippen molar-refractivity contribution in [2.75, 3.05) is 19.3 Å². The minimum absolute atomic E-state index is 0.0850. The van der Waals surface area contributed by atoms with Gasteiger partial charge in [0.1, 0.15) is 0 Å². The summed E-state index contributed by atoms with van der Waals surface area (Å²) in [4.78, 5) is 17.9. The number of rotatable bonds is 5. The number of benzene rings is 1. The Bertz CT molecular complexity index is 963. The number of alkyl halides is 3. The van der Waals surface area contributed by atoms with Crippen LogP contribution in [0.3, 0.4) is 0 Å². The zero-order chi connectivity index (χ0) is 21.2. The molecule has 0 aliphatic carbocycles. The summed E-state index contributed by atoms with van der Waals surface area (Å²) >= 11 is 0. The van der Waals surface area contributed by atoms with Gasteiger partial charge in [0, 0.05) is 37.2 Å². The predicted octanol–water partition coefficient (Wildman–Crippen LogP) is 3.19. The van der Waals surface area contributed by atoms with Gasteiger partial charge in [0.15, 0.2) is 9.84 Å². The predicted molar refractivity (Wildman–Crippen MR) is 96.7 cm³/mol. The molecule has 0 radical (unpaired) electrons. The fraction of sp³-hybridized carbons (Fsp3) is 0.500. The number of hydrogen-bond acceptors (Lipinski definition) is 6. The second-order valence-corrected chi connectivity index (χ2v) is 9.04. The first kappa shape index (κ1) is 21.3. The number of piperidine rings is 1. The van der Waals surface area contributed by atoms with E-state index in [1.165, 1.54) is 17.0 Å². The topological polar surface area (TPSA) is 93.4 Å². The Morgan fingerprint density at radius 3 is 2.38 bits per heavy atom. The van der Waals surface area contributed by atoms with Crippen LogP contribution in [0.2, 0.25) is 0 Å². The van der Waals surface area contributed by atoms with E-state index in [1.54, 1.807) is 12.1 Å². The van der Waals surface area contributed by atoms with Crippen LogP contribution in [-0.4, -0.2) is 54.9 Å². The van der Waals surface area contributed by atoms with E-state index in [9.17, 15) is 26.4 Å². The van der Waals surface area contributed by atoms with E-state index in [0.717, 1.165) is 6.26 Å². The van der Waals surface area contributed by atoms with Crippen molar-refractivity contribution in [3.63, 3.8) is 0 Å². The van der Waals surface area contributed by atoms with E-state index >= 15 is 0 Å². The summed E-state index contributed by atoms with van der Waals surface area (Å²) in [6.07, 6.45) is -3.83. The molecule has 1 aromatic carbocycles. The number of hydrogen-bond donors (Lipinski definition) is 0. The van der Waals surface area contributed by atoms with Crippen LogP contribution in [0.5, 0.6) is 0 Å². The average Bonchev–Trinajstić information content (AvgIpc) is 3.15. The van der Waals surface area contributed by atoms with E-state index in [1.807, 2.05) is 0 Å². The maximum absolute atomic E-state index is 12.3. The van der Waals surface area contributed by atoms with E-state index < -0.39 is 34.8 Å². The number of likely N-dealkylation sites (tertiary alicyclic amines) is 1. The molecule has 1 fully saturated rings. The SMILES string of the molecule is CS(=O)(=O)c1ccc(-c2noc(C3CCN(C(=O)CCC(F)(F)F)CC3)n2)cc1. The highest BCUT2D eigenvalue weighted by molar-refractivity contribution is 7.90. The molecule has 11 heteroatoms. The molecule has 0 spiro atoms. The van der Waals surface area contributed by atoms with Crippen LogP contribution in [0.4, 0.5) is 13.2 Å². The second kappa shape index (κ2) is 8.13. The van der Waals surface area contributed by atoms with Crippen LogP contribution in [0.25, 0.3) is 11.4 Å². The molecule has 1 aromatic heterocycles. The molecule has 1 aliphatic rings. The van der Waals surface area contributed by atoms with Crippen molar-refractivity contribution in [1.82, 2.24) is 15.0 Å². The first-order valence-electron chi connectivity index (χ1n) is 9.01. The molecule has 0 atom stereocenters. The molecular weight excluding hydrogens is 411 g/mol. The van der Waals surface area contributed by atoms with Gasteiger partial charge >= 0.3 is 6.18 Å². The fourth-order valence-corrected chi connectivity index (χ4v) is 3.78. The van der Waals surface area contributed by atoms with E-state index in [4.69, 9.17) is 4.52 Å². The first-order chi connectivity index (χ1) is 13.5. The molecule has 158 valence electrons. The quantitative estimate of drug-likeness (QED) is 0.722. The Balaban J connectivity index is 1.59. The number of amides is 1. The standard InChI is InChI=1S/C18H20F3N3O4S/c1-29(26,27)14-4-2-12(3-5-14)16-22-17(28-23-16)13-7-10-24(11-8-13)15(25)6-9-18(19,20)21/h2-5,13H,6-11H2,1H3. The largest absolute Gasteiger partial charge is 0.389 e. The Kier molecular flexibility index (Phi) is 5.97. The lowest BCUT2D eigenvalue weighted by Gasteiger charge is -2.30. The molecule has 0 N–H and O–H groups in total. The monoisotopic (exact) mass is 431 g/mol. The molecule has 7 nitrogen and oxygen atoms in total. The van der Waals surface area contributed by atoms with Crippen molar-refractivity contribution >= 4 is 15.7 Å². The van der Waals surface area contributed by atoms with Gasteiger partial charge in [-0.3, -0.25) is 4.79 Å². The Morgan fingerprint density at radius 2 is 1.83 bits per heavy atom. The maximum atomic E-state index is 12.3. The summed E-state index contributed by atoms with van der Waals surface area (Å²) in [6, 6.07) is 6.11. The van der Waals surface area contributed by atoms with Crippen LogP contribution in [-0.2, 0) is 14.6 Å². The molecule has 1 saturated heterocycles.